The SMILES string of the molecule is COCc1c(Cl)cc(CCC(=O)O)c(F)c1F. The first-order valence-electron chi connectivity index (χ1n) is 4.83. The fourth-order valence-corrected chi connectivity index (χ4v) is 1.65. The Balaban J connectivity index is 3.06. The Labute approximate surface area is 102 Å². The maximum atomic E-state index is 13.5. The van der Waals surface area contributed by atoms with E-state index in [4.69, 9.17) is 21.4 Å². The van der Waals surface area contributed by atoms with Crippen molar-refractivity contribution in [1.82, 2.24) is 0 Å². The minimum Gasteiger partial charge on any atom is -0.481 e. The summed E-state index contributed by atoms with van der Waals surface area (Å²) in [4.78, 5) is 10.4. The molecule has 1 N–H and O–H groups in total. The highest BCUT2D eigenvalue weighted by Crippen LogP contribution is 2.26. The molecule has 3 nitrogen and oxygen atoms in total. The summed E-state index contributed by atoms with van der Waals surface area (Å²) in [6.45, 7) is -0.138. The van der Waals surface area contributed by atoms with E-state index in [9.17, 15) is 13.6 Å². The van der Waals surface area contributed by atoms with Crippen molar-refractivity contribution in [2.24, 2.45) is 0 Å². The van der Waals surface area contributed by atoms with Gasteiger partial charge in [-0.15, -0.1) is 0 Å². The number of aliphatic carboxylic acids is 1. The molecule has 0 bridgehead atoms. The van der Waals surface area contributed by atoms with Crippen LogP contribution in [0.4, 0.5) is 8.78 Å². The zero-order chi connectivity index (χ0) is 13.0. The number of hydrogen-bond donors (Lipinski definition) is 1. The van der Waals surface area contributed by atoms with E-state index >= 15 is 0 Å². The fourth-order valence-electron chi connectivity index (χ4n) is 1.38. The van der Waals surface area contributed by atoms with Gasteiger partial charge in [0.25, 0.3) is 0 Å². The van der Waals surface area contributed by atoms with Gasteiger partial charge >= 0.3 is 5.97 Å². The van der Waals surface area contributed by atoms with Gasteiger partial charge in [-0.2, -0.15) is 0 Å². The van der Waals surface area contributed by atoms with Crippen molar-refractivity contribution in [3.8, 4) is 0 Å². The summed E-state index contributed by atoms with van der Waals surface area (Å²) in [6.07, 6.45) is -0.388. The molecule has 0 unspecified atom stereocenters. The molecule has 1 aromatic carbocycles. The van der Waals surface area contributed by atoms with E-state index in [2.05, 4.69) is 0 Å². The van der Waals surface area contributed by atoms with Gasteiger partial charge in [-0.1, -0.05) is 11.6 Å². The van der Waals surface area contributed by atoms with Crippen molar-refractivity contribution in [3.05, 3.63) is 33.9 Å². The molecular weight excluding hydrogens is 254 g/mol. The lowest BCUT2D eigenvalue weighted by Crippen LogP contribution is -2.05. The number of carboxylic acids is 1. The third-order valence-electron chi connectivity index (χ3n) is 2.23. The smallest absolute Gasteiger partial charge is 0.303 e. The summed E-state index contributed by atoms with van der Waals surface area (Å²) in [6, 6.07) is 1.23. The van der Waals surface area contributed by atoms with Crippen LogP contribution in [0.25, 0.3) is 0 Å². The molecule has 0 aliphatic carbocycles. The van der Waals surface area contributed by atoms with Crippen LogP contribution >= 0.6 is 11.6 Å². The summed E-state index contributed by atoms with van der Waals surface area (Å²) < 4.78 is 31.8. The topological polar surface area (TPSA) is 46.5 Å². The third kappa shape index (κ3) is 3.38. The minimum absolute atomic E-state index is 0.0335. The first-order chi connectivity index (χ1) is 7.97. The summed E-state index contributed by atoms with van der Waals surface area (Å²) in [5.74, 6) is -3.23. The Kier molecular flexibility index (Phi) is 4.84. The number of methoxy groups -OCH3 is 1. The number of halogens is 3. The molecule has 0 aliphatic heterocycles. The van der Waals surface area contributed by atoms with E-state index in [1.165, 1.54) is 13.2 Å². The van der Waals surface area contributed by atoms with Gasteiger partial charge < -0.3 is 9.84 Å². The molecule has 0 saturated carbocycles. The van der Waals surface area contributed by atoms with Crippen LogP contribution in [0.2, 0.25) is 5.02 Å². The highest BCUT2D eigenvalue weighted by molar-refractivity contribution is 6.31. The predicted molar refractivity (Wildman–Crippen MR) is 58.0 cm³/mol. The van der Waals surface area contributed by atoms with Gasteiger partial charge in [0.2, 0.25) is 0 Å². The zero-order valence-electron chi connectivity index (χ0n) is 9.10. The van der Waals surface area contributed by atoms with Crippen molar-refractivity contribution < 1.29 is 23.4 Å². The molecule has 0 aromatic heterocycles. The van der Waals surface area contributed by atoms with Gasteiger partial charge in [0.15, 0.2) is 11.6 Å². The molecule has 0 aliphatic rings. The van der Waals surface area contributed by atoms with E-state index in [0.29, 0.717) is 0 Å². The van der Waals surface area contributed by atoms with Crippen LogP contribution in [0.5, 0.6) is 0 Å². The number of rotatable bonds is 5. The van der Waals surface area contributed by atoms with E-state index in [1.54, 1.807) is 0 Å². The lowest BCUT2D eigenvalue weighted by Gasteiger charge is -2.09. The maximum Gasteiger partial charge on any atom is 0.303 e. The largest absolute Gasteiger partial charge is 0.481 e. The normalized spacial score (nSPS) is 10.6. The molecule has 6 heteroatoms. The summed E-state index contributed by atoms with van der Waals surface area (Å²) in [5, 5.41) is 8.51. The van der Waals surface area contributed by atoms with Crippen LogP contribution in [0.15, 0.2) is 6.07 Å². The Morgan fingerprint density at radius 2 is 2.12 bits per heavy atom. The second kappa shape index (κ2) is 5.93. The molecule has 17 heavy (non-hydrogen) atoms. The lowest BCUT2D eigenvalue weighted by molar-refractivity contribution is -0.136. The average Bonchev–Trinajstić information content (AvgIpc) is 2.27. The van der Waals surface area contributed by atoms with Crippen molar-refractivity contribution >= 4 is 17.6 Å². The molecule has 94 valence electrons. The average molecular weight is 265 g/mol. The molecule has 0 amide bonds. The lowest BCUT2D eigenvalue weighted by atomic mass is 10.1. The van der Waals surface area contributed by atoms with E-state index in [0.717, 1.165) is 0 Å². The van der Waals surface area contributed by atoms with Gasteiger partial charge in [0.05, 0.1) is 6.61 Å². The molecule has 1 aromatic rings. The first kappa shape index (κ1) is 13.9. The molecule has 1 rings (SSSR count). The van der Waals surface area contributed by atoms with Gasteiger partial charge in [0, 0.05) is 24.1 Å². The van der Waals surface area contributed by atoms with Crippen LogP contribution in [0.1, 0.15) is 17.5 Å². The van der Waals surface area contributed by atoms with Gasteiger partial charge in [-0.3, -0.25) is 4.79 Å². The van der Waals surface area contributed by atoms with Crippen LogP contribution < -0.4 is 0 Å². The predicted octanol–water partition coefficient (Wildman–Crippen LogP) is 2.78. The minimum atomic E-state index is -1.08. The molecule has 0 spiro atoms. The highest BCUT2D eigenvalue weighted by atomic mass is 35.5. The Morgan fingerprint density at radius 3 is 2.65 bits per heavy atom. The van der Waals surface area contributed by atoms with Crippen LogP contribution in [0.3, 0.4) is 0 Å². The Hall–Kier alpha value is -1.20. The number of ether oxygens (including phenoxy) is 1. The van der Waals surface area contributed by atoms with E-state index in [1.807, 2.05) is 0 Å². The fraction of sp³-hybridized carbons (Fsp3) is 0.364. The molecular formula is C11H11ClF2O3. The second-order valence-corrected chi connectivity index (χ2v) is 3.86. The first-order valence-corrected chi connectivity index (χ1v) is 5.21. The van der Waals surface area contributed by atoms with Gasteiger partial charge in [-0.25, -0.2) is 8.78 Å². The summed E-state index contributed by atoms with van der Waals surface area (Å²) in [7, 11) is 1.34. The molecule has 0 atom stereocenters. The van der Waals surface area contributed by atoms with Gasteiger partial charge in [0.1, 0.15) is 0 Å². The molecule has 0 fully saturated rings. The monoisotopic (exact) mass is 264 g/mol. The van der Waals surface area contributed by atoms with Crippen molar-refractivity contribution in [2.75, 3.05) is 7.11 Å². The van der Waals surface area contributed by atoms with Crippen molar-refractivity contribution in [1.29, 1.82) is 0 Å². The number of benzene rings is 1. The third-order valence-corrected chi connectivity index (χ3v) is 2.56. The standard InChI is InChI=1S/C11H11ClF2O3/c1-17-5-7-8(12)4-6(2-3-9(15)16)10(13)11(7)14/h4H,2-3,5H2,1H3,(H,15,16). The number of hydrogen-bond acceptors (Lipinski definition) is 2. The van der Waals surface area contributed by atoms with E-state index < -0.39 is 17.6 Å². The number of aryl methyl sites for hydroxylation is 1. The van der Waals surface area contributed by atoms with E-state index in [-0.39, 0.29) is 35.6 Å². The highest BCUT2D eigenvalue weighted by Gasteiger charge is 2.17. The van der Waals surface area contributed by atoms with Gasteiger partial charge in [-0.05, 0) is 18.1 Å². The van der Waals surface area contributed by atoms with Crippen molar-refractivity contribution in [2.45, 2.75) is 19.4 Å². The summed E-state index contributed by atoms with van der Waals surface area (Å²) in [5.41, 5.74) is -0.111. The quantitative estimate of drug-likeness (QED) is 0.832. The Morgan fingerprint density at radius 1 is 1.47 bits per heavy atom. The van der Waals surface area contributed by atoms with Crippen molar-refractivity contribution in [3.63, 3.8) is 0 Å². The number of carbonyl (C=O) groups is 1. The summed E-state index contributed by atoms with van der Waals surface area (Å²) >= 11 is 5.77. The molecule has 0 radical (unpaired) electrons. The second-order valence-electron chi connectivity index (χ2n) is 3.45. The molecule has 0 saturated heterocycles. The maximum absolute atomic E-state index is 13.5. The zero-order valence-corrected chi connectivity index (χ0v) is 9.85. The van der Waals surface area contributed by atoms with Crippen LogP contribution in [-0.2, 0) is 22.6 Å². The number of carboxylic acid groups (broad SMARTS) is 1. The molecule has 0 heterocycles. The van der Waals surface area contributed by atoms with Crippen LogP contribution in [-0.4, -0.2) is 18.2 Å². The Bertz CT molecular complexity index is 435. The van der Waals surface area contributed by atoms with Crippen LogP contribution in [0, 0.1) is 11.6 Å².